The average Bonchev–Trinajstić information content (AvgIpc) is 2.36. The molecule has 2 rings (SSSR count). The van der Waals surface area contributed by atoms with Crippen LogP contribution in [0, 0.1) is 10.5 Å². The number of rotatable bonds is 3. The number of aryl methyl sites for hydroxylation is 1. The van der Waals surface area contributed by atoms with Crippen molar-refractivity contribution in [2.45, 2.75) is 13.5 Å². The fourth-order valence-corrected chi connectivity index (χ4v) is 2.85. The SMILES string of the molecule is COc1ccc(Cn2cc(I)c(C)cc2=O)cc1Br. The molecule has 5 heteroatoms. The van der Waals surface area contributed by atoms with Crippen LogP contribution in [0.1, 0.15) is 11.1 Å². The fourth-order valence-electron chi connectivity index (χ4n) is 1.77. The first-order valence-electron chi connectivity index (χ1n) is 5.70. The van der Waals surface area contributed by atoms with Crippen LogP contribution in [-0.4, -0.2) is 11.7 Å². The van der Waals surface area contributed by atoms with Crippen molar-refractivity contribution in [3.05, 3.63) is 60.0 Å². The lowest BCUT2D eigenvalue weighted by molar-refractivity contribution is 0.412. The Morgan fingerprint density at radius 1 is 1.37 bits per heavy atom. The molecule has 3 nitrogen and oxygen atoms in total. The molecule has 0 atom stereocenters. The Morgan fingerprint density at radius 2 is 2.11 bits per heavy atom. The van der Waals surface area contributed by atoms with E-state index < -0.39 is 0 Å². The third kappa shape index (κ3) is 3.39. The molecule has 0 fully saturated rings. The second kappa shape index (κ2) is 6.09. The van der Waals surface area contributed by atoms with Gasteiger partial charge in [0.25, 0.3) is 5.56 Å². The van der Waals surface area contributed by atoms with Crippen molar-refractivity contribution in [2.75, 3.05) is 7.11 Å². The minimum Gasteiger partial charge on any atom is -0.496 e. The van der Waals surface area contributed by atoms with E-state index in [0.717, 1.165) is 24.9 Å². The summed E-state index contributed by atoms with van der Waals surface area (Å²) in [5, 5.41) is 0. The number of halogens is 2. The molecule has 0 unspecified atom stereocenters. The van der Waals surface area contributed by atoms with Crippen molar-refractivity contribution < 1.29 is 4.74 Å². The van der Waals surface area contributed by atoms with Crippen molar-refractivity contribution in [3.63, 3.8) is 0 Å². The van der Waals surface area contributed by atoms with Crippen molar-refractivity contribution in [1.82, 2.24) is 4.57 Å². The van der Waals surface area contributed by atoms with Crippen LogP contribution in [-0.2, 0) is 6.54 Å². The summed E-state index contributed by atoms with van der Waals surface area (Å²) in [5.41, 5.74) is 2.08. The molecule has 19 heavy (non-hydrogen) atoms. The molecule has 1 aromatic carbocycles. The number of hydrogen-bond donors (Lipinski definition) is 0. The molecule has 0 saturated carbocycles. The highest BCUT2D eigenvalue weighted by atomic mass is 127. The van der Waals surface area contributed by atoms with Gasteiger partial charge in [-0.1, -0.05) is 6.07 Å². The molecule has 0 aliphatic heterocycles. The van der Waals surface area contributed by atoms with Gasteiger partial charge in [0.2, 0.25) is 0 Å². The lowest BCUT2D eigenvalue weighted by atomic mass is 10.2. The van der Waals surface area contributed by atoms with Gasteiger partial charge in [-0.2, -0.15) is 0 Å². The van der Waals surface area contributed by atoms with E-state index in [1.54, 1.807) is 17.7 Å². The summed E-state index contributed by atoms with van der Waals surface area (Å²) in [6, 6.07) is 7.49. The van der Waals surface area contributed by atoms with Gasteiger partial charge in [-0.25, -0.2) is 0 Å². The molecule has 0 saturated heterocycles. The molecule has 0 aliphatic carbocycles. The van der Waals surface area contributed by atoms with Crippen molar-refractivity contribution in [3.8, 4) is 5.75 Å². The second-order valence-electron chi connectivity index (χ2n) is 4.24. The highest BCUT2D eigenvalue weighted by molar-refractivity contribution is 14.1. The van der Waals surface area contributed by atoms with Gasteiger partial charge >= 0.3 is 0 Å². The number of aromatic nitrogens is 1. The predicted molar refractivity (Wildman–Crippen MR) is 88.0 cm³/mol. The van der Waals surface area contributed by atoms with Crippen molar-refractivity contribution in [1.29, 1.82) is 0 Å². The first-order valence-corrected chi connectivity index (χ1v) is 7.57. The van der Waals surface area contributed by atoms with E-state index in [-0.39, 0.29) is 5.56 Å². The van der Waals surface area contributed by atoms with Crippen LogP contribution in [0.5, 0.6) is 5.75 Å². The fraction of sp³-hybridized carbons (Fsp3) is 0.214. The van der Waals surface area contributed by atoms with Gasteiger partial charge < -0.3 is 9.30 Å². The van der Waals surface area contributed by atoms with Crippen molar-refractivity contribution in [2.24, 2.45) is 0 Å². The van der Waals surface area contributed by atoms with Gasteiger partial charge in [0.1, 0.15) is 5.75 Å². The summed E-state index contributed by atoms with van der Waals surface area (Å²) in [7, 11) is 1.63. The quantitative estimate of drug-likeness (QED) is 0.693. The molecule has 0 spiro atoms. The van der Waals surface area contributed by atoms with Crippen LogP contribution in [0.2, 0.25) is 0 Å². The summed E-state index contributed by atoms with van der Waals surface area (Å²) in [4.78, 5) is 11.9. The first-order chi connectivity index (χ1) is 9.01. The van der Waals surface area contributed by atoms with Gasteiger partial charge in [0.15, 0.2) is 0 Å². The summed E-state index contributed by atoms with van der Waals surface area (Å²) in [5.74, 6) is 0.787. The number of hydrogen-bond acceptors (Lipinski definition) is 2. The molecule has 100 valence electrons. The van der Waals surface area contributed by atoms with Gasteiger partial charge in [0, 0.05) is 15.8 Å². The van der Waals surface area contributed by atoms with E-state index in [1.807, 2.05) is 31.3 Å². The Balaban J connectivity index is 2.34. The molecule has 0 bridgehead atoms. The molecule has 1 aromatic heterocycles. The summed E-state index contributed by atoms with van der Waals surface area (Å²) in [6.45, 7) is 2.50. The Hall–Kier alpha value is -0.820. The molecule has 2 aromatic rings. The monoisotopic (exact) mass is 433 g/mol. The molecule has 0 amide bonds. The topological polar surface area (TPSA) is 31.2 Å². The van der Waals surface area contributed by atoms with Gasteiger partial charge in [-0.3, -0.25) is 4.79 Å². The normalized spacial score (nSPS) is 10.5. The van der Waals surface area contributed by atoms with Gasteiger partial charge in [0.05, 0.1) is 18.1 Å². The average molecular weight is 434 g/mol. The molecule has 0 N–H and O–H groups in total. The smallest absolute Gasteiger partial charge is 0.251 e. The minimum atomic E-state index is 0.0184. The summed E-state index contributed by atoms with van der Waals surface area (Å²) < 4.78 is 8.88. The zero-order valence-corrected chi connectivity index (χ0v) is 14.4. The van der Waals surface area contributed by atoms with E-state index in [9.17, 15) is 4.79 Å². The number of ether oxygens (including phenoxy) is 1. The predicted octanol–water partition coefficient (Wildman–Crippen LogP) is 3.58. The third-order valence-corrected chi connectivity index (χ3v) is 4.59. The highest BCUT2D eigenvalue weighted by Gasteiger charge is 2.05. The van der Waals surface area contributed by atoms with Crippen molar-refractivity contribution >= 4 is 38.5 Å². The van der Waals surface area contributed by atoms with E-state index in [1.165, 1.54) is 0 Å². The second-order valence-corrected chi connectivity index (χ2v) is 6.26. The highest BCUT2D eigenvalue weighted by Crippen LogP contribution is 2.25. The molecule has 1 heterocycles. The number of nitrogens with zero attached hydrogens (tertiary/aromatic N) is 1. The maximum atomic E-state index is 11.9. The van der Waals surface area contributed by atoms with Crippen LogP contribution < -0.4 is 10.3 Å². The third-order valence-electron chi connectivity index (χ3n) is 2.84. The van der Waals surface area contributed by atoms with Crippen LogP contribution in [0.4, 0.5) is 0 Å². The first kappa shape index (κ1) is 14.6. The molecular weight excluding hydrogens is 421 g/mol. The Labute approximate surface area is 133 Å². The minimum absolute atomic E-state index is 0.0184. The van der Waals surface area contributed by atoms with Crippen LogP contribution >= 0.6 is 38.5 Å². The van der Waals surface area contributed by atoms with E-state index in [0.29, 0.717) is 6.54 Å². The van der Waals surface area contributed by atoms with E-state index in [2.05, 4.69) is 38.5 Å². The van der Waals surface area contributed by atoms with Gasteiger partial charge in [-0.05, 0) is 68.7 Å². The lowest BCUT2D eigenvalue weighted by Gasteiger charge is -2.10. The summed E-state index contributed by atoms with van der Waals surface area (Å²) >= 11 is 5.69. The number of methoxy groups -OCH3 is 1. The van der Waals surface area contributed by atoms with Crippen LogP contribution in [0.25, 0.3) is 0 Å². The Morgan fingerprint density at radius 3 is 2.74 bits per heavy atom. The van der Waals surface area contributed by atoms with Gasteiger partial charge in [-0.15, -0.1) is 0 Å². The largest absolute Gasteiger partial charge is 0.496 e. The van der Waals surface area contributed by atoms with E-state index in [4.69, 9.17) is 4.74 Å². The maximum Gasteiger partial charge on any atom is 0.251 e. The van der Waals surface area contributed by atoms with Crippen LogP contribution in [0.3, 0.4) is 0 Å². The number of benzene rings is 1. The Bertz CT molecular complexity index is 667. The lowest BCUT2D eigenvalue weighted by Crippen LogP contribution is -2.20. The molecule has 0 radical (unpaired) electrons. The van der Waals surface area contributed by atoms with E-state index >= 15 is 0 Å². The standard InChI is InChI=1S/C14H13BrINO2/c1-9-5-14(18)17(8-12(9)16)7-10-3-4-13(19-2)11(15)6-10/h3-6,8H,7H2,1-2H3. The molecule has 0 aliphatic rings. The Kier molecular flexibility index (Phi) is 4.67. The number of pyridine rings is 1. The van der Waals surface area contributed by atoms with Crippen LogP contribution in [0.15, 0.2) is 39.7 Å². The zero-order chi connectivity index (χ0) is 14.0. The maximum absolute atomic E-state index is 11.9. The zero-order valence-electron chi connectivity index (χ0n) is 10.6. The molecular formula is C14H13BrINO2. The summed E-state index contributed by atoms with van der Waals surface area (Å²) in [6.07, 6.45) is 1.89.